The van der Waals surface area contributed by atoms with Gasteiger partial charge in [0.25, 0.3) is 0 Å². The Hall–Kier alpha value is 0.220. The minimum atomic E-state index is -3.82. The summed E-state index contributed by atoms with van der Waals surface area (Å²) in [4.78, 5) is 0. The van der Waals surface area contributed by atoms with Gasteiger partial charge in [0.1, 0.15) is 0 Å². The van der Waals surface area contributed by atoms with E-state index in [1.54, 1.807) is 0 Å². The molecule has 6 heteroatoms. The standard InChI is InChI=1S/C10H23NO3S2/c1-11-9-7-5-3-2-4-6-8-10-15-16(12,13)14/h11H,2-10H2,1H3,(H,12,13,14). The monoisotopic (exact) mass is 269 g/mol. The van der Waals surface area contributed by atoms with Crippen LogP contribution in [0.4, 0.5) is 0 Å². The highest BCUT2D eigenvalue weighted by Crippen LogP contribution is 2.14. The highest BCUT2D eigenvalue weighted by atomic mass is 33.1. The van der Waals surface area contributed by atoms with Gasteiger partial charge in [-0.25, -0.2) is 0 Å². The number of hydrogen-bond acceptors (Lipinski definition) is 4. The second-order valence-electron chi connectivity index (χ2n) is 3.83. The van der Waals surface area contributed by atoms with Crippen molar-refractivity contribution in [3.05, 3.63) is 0 Å². The molecule has 0 saturated carbocycles. The highest BCUT2D eigenvalue weighted by Gasteiger charge is 2.03. The topological polar surface area (TPSA) is 66.4 Å². The van der Waals surface area contributed by atoms with Gasteiger partial charge < -0.3 is 5.32 Å². The van der Waals surface area contributed by atoms with Crippen LogP contribution in [0.5, 0.6) is 0 Å². The normalized spacial score (nSPS) is 11.9. The van der Waals surface area contributed by atoms with Gasteiger partial charge in [0.05, 0.1) is 0 Å². The molecule has 0 unspecified atom stereocenters. The largest absolute Gasteiger partial charge is 0.320 e. The van der Waals surface area contributed by atoms with Crippen LogP contribution < -0.4 is 5.32 Å². The van der Waals surface area contributed by atoms with Crippen LogP contribution in [0.2, 0.25) is 0 Å². The molecule has 0 aromatic rings. The fraction of sp³-hybridized carbons (Fsp3) is 1.00. The lowest BCUT2D eigenvalue weighted by molar-refractivity contribution is 0.503. The Balaban J connectivity index is 3.05. The van der Waals surface area contributed by atoms with Crippen LogP contribution in [0.3, 0.4) is 0 Å². The molecule has 98 valence electrons. The number of unbranched alkanes of at least 4 members (excludes halogenated alkanes) is 6. The average molecular weight is 269 g/mol. The summed E-state index contributed by atoms with van der Waals surface area (Å²) in [6.07, 6.45) is 8.05. The van der Waals surface area contributed by atoms with E-state index in [1.807, 2.05) is 7.05 Å². The van der Waals surface area contributed by atoms with Gasteiger partial charge in [-0.15, -0.1) is 0 Å². The summed E-state index contributed by atoms with van der Waals surface area (Å²) in [6.45, 7) is 1.09. The van der Waals surface area contributed by atoms with Crippen molar-refractivity contribution < 1.29 is 13.0 Å². The van der Waals surface area contributed by atoms with Gasteiger partial charge in [0, 0.05) is 5.75 Å². The van der Waals surface area contributed by atoms with Crippen LogP contribution in [0.15, 0.2) is 0 Å². The fourth-order valence-corrected chi connectivity index (χ4v) is 2.97. The third kappa shape index (κ3) is 14.2. The molecule has 16 heavy (non-hydrogen) atoms. The maximum Gasteiger partial charge on any atom is 0.319 e. The Morgan fingerprint density at radius 1 is 1.00 bits per heavy atom. The van der Waals surface area contributed by atoms with Gasteiger partial charge >= 0.3 is 9.15 Å². The summed E-state index contributed by atoms with van der Waals surface area (Å²) in [6, 6.07) is 0. The Labute approximate surface area is 103 Å². The van der Waals surface area contributed by atoms with Crippen molar-refractivity contribution in [1.82, 2.24) is 5.32 Å². The molecule has 0 fully saturated rings. The van der Waals surface area contributed by atoms with E-state index in [4.69, 9.17) is 4.55 Å². The molecule has 0 amide bonds. The summed E-state index contributed by atoms with van der Waals surface area (Å²) in [5.74, 6) is 0.499. The molecule has 2 N–H and O–H groups in total. The maximum atomic E-state index is 10.4. The first-order valence-corrected chi connectivity index (χ1v) is 8.77. The molecule has 0 spiro atoms. The van der Waals surface area contributed by atoms with E-state index in [9.17, 15) is 8.42 Å². The van der Waals surface area contributed by atoms with Gasteiger partial charge in [0.15, 0.2) is 0 Å². The van der Waals surface area contributed by atoms with Gasteiger partial charge in [-0.3, -0.25) is 4.55 Å². The lowest BCUT2D eigenvalue weighted by atomic mass is 10.1. The summed E-state index contributed by atoms with van der Waals surface area (Å²) in [5.41, 5.74) is 0. The van der Waals surface area contributed by atoms with E-state index in [1.165, 1.54) is 25.7 Å². The molecule has 0 saturated heterocycles. The Morgan fingerprint density at radius 2 is 1.50 bits per heavy atom. The fourth-order valence-electron chi connectivity index (χ4n) is 1.45. The van der Waals surface area contributed by atoms with Gasteiger partial charge in [-0.2, -0.15) is 8.42 Å². The van der Waals surface area contributed by atoms with Crippen molar-refractivity contribution >= 4 is 19.9 Å². The Kier molecular flexibility index (Phi) is 10.5. The highest BCUT2D eigenvalue weighted by molar-refractivity contribution is 8.69. The summed E-state index contributed by atoms with van der Waals surface area (Å²) in [7, 11) is -1.23. The average Bonchev–Trinajstić information content (AvgIpc) is 2.19. The van der Waals surface area contributed by atoms with E-state index in [-0.39, 0.29) is 0 Å². The van der Waals surface area contributed by atoms with Crippen molar-refractivity contribution in [2.75, 3.05) is 19.3 Å². The third-order valence-corrected chi connectivity index (χ3v) is 4.45. The van der Waals surface area contributed by atoms with Crippen LogP contribution in [-0.4, -0.2) is 32.3 Å². The number of nitrogens with one attached hydrogen (secondary N) is 1. The van der Waals surface area contributed by atoms with E-state index < -0.39 is 9.15 Å². The molecule has 0 heterocycles. The minimum Gasteiger partial charge on any atom is -0.320 e. The zero-order chi connectivity index (χ0) is 12.3. The first-order valence-electron chi connectivity index (χ1n) is 5.82. The van der Waals surface area contributed by atoms with Gasteiger partial charge in [-0.1, -0.05) is 32.1 Å². The first-order chi connectivity index (χ1) is 7.56. The molecule has 0 radical (unpaired) electrons. The molecular weight excluding hydrogens is 246 g/mol. The van der Waals surface area contributed by atoms with Crippen LogP contribution in [0, 0.1) is 0 Å². The minimum absolute atomic E-state index is 0.499. The molecule has 4 nitrogen and oxygen atoms in total. The quantitative estimate of drug-likeness (QED) is 0.343. The zero-order valence-electron chi connectivity index (χ0n) is 9.94. The zero-order valence-corrected chi connectivity index (χ0v) is 11.6. The molecule has 0 aliphatic rings. The smallest absolute Gasteiger partial charge is 0.319 e. The predicted octanol–water partition coefficient (Wildman–Crippen LogP) is 2.47. The van der Waals surface area contributed by atoms with Crippen LogP contribution in [-0.2, 0) is 9.15 Å². The molecule has 0 atom stereocenters. The summed E-state index contributed by atoms with van der Waals surface area (Å²) >= 11 is 0. The van der Waals surface area contributed by atoms with Gasteiger partial charge in [-0.05, 0) is 37.2 Å². The van der Waals surface area contributed by atoms with Gasteiger partial charge in [0.2, 0.25) is 0 Å². The predicted molar refractivity (Wildman–Crippen MR) is 70.3 cm³/mol. The second-order valence-corrected chi connectivity index (χ2v) is 7.30. The van der Waals surface area contributed by atoms with Crippen LogP contribution in [0.1, 0.15) is 44.9 Å². The third-order valence-electron chi connectivity index (χ3n) is 2.30. The number of hydrogen-bond donors (Lipinski definition) is 2. The van der Waals surface area contributed by atoms with Crippen LogP contribution >= 0.6 is 10.8 Å². The molecule has 0 aliphatic carbocycles. The van der Waals surface area contributed by atoms with Crippen molar-refractivity contribution in [1.29, 1.82) is 0 Å². The molecular formula is C10H23NO3S2. The summed E-state index contributed by atoms with van der Waals surface area (Å²) in [5, 5.41) is 3.12. The second kappa shape index (κ2) is 10.4. The summed E-state index contributed by atoms with van der Waals surface area (Å²) < 4.78 is 29.2. The molecule has 0 rings (SSSR count). The van der Waals surface area contributed by atoms with E-state index >= 15 is 0 Å². The molecule has 0 aromatic carbocycles. The number of rotatable bonds is 11. The van der Waals surface area contributed by atoms with Crippen molar-refractivity contribution in [2.24, 2.45) is 0 Å². The Morgan fingerprint density at radius 3 is 2.00 bits per heavy atom. The lowest BCUT2D eigenvalue weighted by Crippen LogP contribution is -2.06. The maximum absolute atomic E-state index is 10.4. The van der Waals surface area contributed by atoms with E-state index in [0.717, 1.165) is 25.8 Å². The van der Waals surface area contributed by atoms with E-state index in [0.29, 0.717) is 16.5 Å². The Bertz CT molecular complexity index is 242. The SMILES string of the molecule is CNCCCCCCCCCSS(=O)(=O)O. The first kappa shape index (κ1) is 16.2. The molecule has 0 aromatic heterocycles. The van der Waals surface area contributed by atoms with Crippen LogP contribution in [0.25, 0.3) is 0 Å². The van der Waals surface area contributed by atoms with E-state index in [2.05, 4.69) is 5.32 Å². The van der Waals surface area contributed by atoms with Crippen molar-refractivity contribution in [3.63, 3.8) is 0 Å². The lowest BCUT2D eigenvalue weighted by Gasteiger charge is -2.01. The molecule has 0 bridgehead atoms. The molecule has 0 aliphatic heterocycles. The van der Waals surface area contributed by atoms with Crippen molar-refractivity contribution in [3.8, 4) is 0 Å². The van der Waals surface area contributed by atoms with Crippen molar-refractivity contribution in [2.45, 2.75) is 44.9 Å².